The number of quaternary nitrogens is 1. The van der Waals surface area contributed by atoms with Crippen molar-refractivity contribution in [3.05, 3.63) is 71.4 Å². The topological polar surface area (TPSA) is 70.1 Å². The number of hydrogen-bond acceptors (Lipinski definition) is 3. The highest BCUT2D eigenvalue weighted by Crippen LogP contribution is 2.41. The Morgan fingerprint density at radius 3 is 2.61 bits per heavy atom. The van der Waals surface area contributed by atoms with Crippen LogP contribution >= 0.6 is 0 Å². The summed E-state index contributed by atoms with van der Waals surface area (Å²) in [6.45, 7) is 5.52. The Bertz CT molecular complexity index is 1230. The molecule has 0 saturated carbocycles. The molecular weight excluding hydrogens is 452 g/mol. The predicted molar refractivity (Wildman–Crippen MR) is 138 cm³/mol. The molecule has 7 heteroatoms. The summed E-state index contributed by atoms with van der Waals surface area (Å²) in [6.07, 6.45) is 3.14. The van der Waals surface area contributed by atoms with E-state index in [0.717, 1.165) is 63.3 Å². The van der Waals surface area contributed by atoms with Crippen LogP contribution in [-0.2, 0) is 27.2 Å². The minimum absolute atomic E-state index is 0.0701. The molecule has 3 aliphatic rings. The van der Waals surface area contributed by atoms with E-state index in [2.05, 4.69) is 47.4 Å². The summed E-state index contributed by atoms with van der Waals surface area (Å²) >= 11 is 0. The lowest BCUT2D eigenvalue weighted by atomic mass is 9.86. The fourth-order valence-electron chi connectivity index (χ4n) is 6.31. The molecular formula is C29H35N4O3+. The Balaban J connectivity index is 1.25. The molecule has 3 aliphatic heterocycles. The zero-order valence-corrected chi connectivity index (χ0v) is 20.7. The number of H-pyrrole nitrogens is 1. The van der Waals surface area contributed by atoms with Crippen molar-refractivity contribution in [2.75, 3.05) is 45.9 Å². The molecule has 0 unspecified atom stereocenters. The summed E-state index contributed by atoms with van der Waals surface area (Å²) in [5.74, 6) is 0.174. The number of morpholine rings is 1. The van der Waals surface area contributed by atoms with Gasteiger partial charge in [0.2, 0.25) is 11.8 Å². The minimum Gasteiger partial charge on any atom is -0.370 e. The van der Waals surface area contributed by atoms with E-state index in [1.165, 1.54) is 21.4 Å². The highest BCUT2D eigenvalue weighted by atomic mass is 16.5. The number of carbonyl (C=O) groups is 2. The summed E-state index contributed by atoms with van der Waals surface area (Å²) in [7, 11) is 0. The van der Waals surface area contributed by atoms with Gasteiger partial charge in [0.25, 0.3) is 0 Å². The number of para-hydroxylation sites is 1. The lowest BCUT2D eigenvalue weighted by molar-refractivity contribution is -0.908. The van der Waals surface area contributed by atoms with Gasteiger partial charge in [0.1, 0.15) is 19.1 Å². The standard InChI is InChI=1S/C29H34N4O3/c34-27-20-32(14-6-13-31-15-17-36-18-16-31)29(35)26-19-23-22-9-4-5-10-24(22)30-28(23)25(33(26)27)12-11-21-7-2-1-3-8-21/h1-5,7-10,25-26,30H,6,11-20H2/p+1/t25-,26+/m1/s1. The lowest BCUT2D eigenvalue weighted by Gasteiger charge is -2.47. The largest absolute Gasteiger partial charge is 0.370 e. The fraction of sp³-hybridized carbons (Fsp3) is 0.448. The summed E-state index contributed by atoms with van der Waals surface area (Å²) in [5.41, 5.74) is 4.64. The maximum Gasteiger partial charge on any atom is 0.246 e. The van der Waals surface area contributed by atoms with Crippen LogP contribution in [-0.4, -0.2) is 78.6 Å². The molecule has 0 bridgehead atoms. The van der Waals surface area contributed by atoms with Crippen molar-refractivity contribution in [1.29, 1.82) is 0 Å². The second kappa shape index (κ2) is 10.1. The molecule has 0 aliphatic carbocycles. The normalized spacial score (nSPS) is 22.7. The second-order valence-corrected chi connectivity index (χ2v) is 10.3. The Morgan fingerprint density at radius 2 is 1.78 bits per heavy atom. The van der Waals surface area contributed by atoms with E-state index in [1.807, 2.05) is 21.9 Å². The first-order valence-electron chi connectivity index (χ1n) is 13.3. The highest BCUT2D eigenvalue weighted by molar-refractivity contribution is 5.97. The highest BCUT2D eigenvalue weighted by Gasteiger charge is 2.47. The molecule has 2 saturated heterocycles. The number of amides is 2. The van der Waals surface area contributed by atoms with E-state index in [1.54, 1.807) is 0 Å². The first-order chi connectivity index (χ1) is 17.7. The molecule has 1 aromatic heterocycles. The number of aryl methyl sites for hydroxylation is 1. The van der Waals surface area contributed by atoms with E-state index in [-0.39, 0.29) is 24.4 Å². The van der Waals surface area contributed by atoms with Gasteiger partial charge in [0.05, 0.1) is 32.3 Å². The van der Waals surface area contributed by atoms with Gasteiger partial charge in [-0.3, -0.25) is 9.59 Å². The fourth-order valence-corrected chi connectivity index (χ4v) is 6.31. The number of piperazine rings is 1. The molecule has 3 aromatic rings. The second-order valence-electron chi connectivity index (χ2n) is 10.3. The molecule has 36 heavy (non-hydrogen) atoms. The van der Waals surface area contributed by atoms with Gasteiger partial charge in [0, 0.05) is 36.0 Å². The maximum atomic E-state index is 13.8. The molecule has 2 amide bonds. The molecule has 6 rings (SSSR count). The average Bonchev–Trinajstić information content (AvgIpc) is 3.29. The smallest absolute Gasteiger partial charge is 0.246 e. The van der Waals surface area contributed by atoms with Gasteiger partial charge in [-0.25, -0.2) is 0 Å². The predicted octanol–water partition coefficient (Wildman–Crippen LogP) is 1.74. The SMILES string of the molecule is O=C1[C@@H]2Cc3c([nH]c4ccccc34)[C@@H](CCc3ccccc3)N2C(=O)CN1CCC[NH+]1CCOCC1. The first kappa shape index (κ1) is 23.3. The maximum absolute atomic E-state index is 13.8. The van der Waals surface area contributed by atoms with Gasteiger partial charge < -0.3 is 24.4 Å². The van der Waals surface area contributed by atoms with Gasteiger partial charge >= 0.3 is 0 Å². The monoisotopic (exact) mass is 487 g/mol. The number of aromatic amines is 1. The Morgan fingerprint density at radius 1 is 1.00 bits per heavy atom. The number of nitrogens with one attached hydrogen (secondary N) is 2. The third-order valence-corrected chi connectivity index (χ3v) is 8.17. The van der Waals surface area contributed by atoms with E-state index < -0.39 is 6.04 Å². The molecule has 2 atom stereocenters. The van der Waals surface area contributed by atoms with Crippen molar-refractivity contribution in [3.63, 3.8) is 0 Å². The molecule has 7 nitrogen and oxygen atoms in total. The number of aromatic nitrogens is 1. The van der Waals surface area contributed by atoms with Crippen molar-refractivity contribution in [3.8, 4) is 0 Å². The van der Waals surface area contributed by atoms with Gasteiger partial charge in [-0.2, -0.15) is 0 Å². The molecule has 0 radical (unpaired) electrons. The quantitative estimate of drug-likeness (QED) is 0.534. The molecule has 2 fully saturated rings. The van der Waals surface area contributed by atoms with E-state index >= 15 is 0 Å². The summed E-state index contributed by atoms with van der Waals surface area (Å²) < 4.78 is 5.46. The number of carbonyl (C=O) groups excluding carboxylic acids is 2. The number of hydrogen-bond donors (Lipinski definition) is 2. The van der Waals surface area contributed by atoms with Gasteiger partial charge in [-0.15, -0.1) is 0 Å². The van der Waals surface area contributed by atoms with Crippen molar-refractivity contribution in [2.24, 2.45) is 0 Å². The summed E-state index contributed by atoms with van der Waals surface area (Å²) in [5, 5.41) is 1.17. The van der Waals surface area contributed by atoms with Crippen LogP contribution in [0.1, 0.15) is 35.7 Å². The minimum atomic E-state index is -0.422. The molecule has 2 N–H and O–H groups in total. The average molecular weight is 488 g/mol. The number of ether oxygens (including phenoxy) is 1. The first-order valence-corrected chi connectivity index (χ1v) is 13.3. The van der Waals surface area contributed by atoms with E-state index in [0.29, 0.717) is 13.0 Å². The van der Waals surface area contributed by atoms with Crippen LogP contribution in [0.5, 0.6) is 0 Å². The van der Waals surface area contributed by atoms with Crippen molar-refractivity contribution in [2.45, 2.75) is 37.8 Å². The number of nitrogens with zero attached hydrogens (tertiary/aromatic N) is 2. The zero-order chi connectivity index (χ0) is 24.5. The van der Waals surface area contributed by atoms with E-state index in [9.17, 15) is 9.59 Å². The number of fused-ring (bicyclic) bond motifs is 4. The summed E-state index contributed by atoms with van der Waals surface area (Å²) in [6, 6.07) is 18.2. The van der Waals surface area contributed by atoms with Crippen LogP contribution in [0.4, 0.5) is 0 Å². The van der Waals surface area contributed by atoms with Gasteiger partial charge in [-0.1, -0.05) is 48.5 Å². The number of benzene rings is 2. The van der Waals surface area contributed by atoms with Crippen LogP contribution in [0.15, 0.2) is 54.6 Å². The van der Waals surface area contributed by atoms with Crippen LogP contribution in [0, 0.1) is 0 Å². The van der Waals surface area contributed by atoms with Crippen molar-refractivity contribution >= 4 is 22.7 Å². The number of rotatable bonds is 7. The zero-order valence-electron chi connectivity index (χ0n) is 20.7. The third-order valence-electron chi connectivity index (χ3n) is 8.17. The van der Waals surface area contributed by atoms with Crippen LogP contribution in [0.25, 0.3) is 10.9 Å². The Hall–Kier alpha value is -3.16. The van der Waals surface area contributed by atoms with Crippen molar-refractivity contribution in [1.82, 2.24) is 14.8 Å². The summed E-state index contributed by atoms with van der Waals surface area (Å²) in [4.78, 5) is 36.2. The van der Waals surface area contributed by atoms with Crippen LogP contribution in [0.2, 0.25) is 0 Å². The molecule has 0 spiro atoms. The van der Waals surface area contributed by atoms with Gasteiger partial charge in [-0.05, 0) is 30.0 Å². The van der Waals surface area contributed by atoms with Crippen LogP contribution in [0.3, 0.4) is 0 Å². The van der Waals surface area contributed by atoms with E-state index in [4.69, 9.17) is 4.74 Å². The third kappa shape index (κ3) is 4.42. The molecule has 188 valence electrons. The van der Waals surface area contributed by atoms with Gasteiger partial charge in [0.15, 0.2) is 0 Å². The van der Waals surface area contributed by atoms with Crippen LogP contribution < -0.4 is 4.90 Å². The van der Waals surface area contributed by atoms with Crippen molar-refractivity contribution < 1.29 is 19.2 Å². The lowest BCUT2D eigenvalue weighted by Crippen LogP contribution is -3.14. The Labute approximate surface area is 212 Å². The Kier molecular flexibility index (Phi) is 6.50. The molecule has 4 heterocycles. The molecule has 2 aromatic carbocycles.